The van der Waals surface area contributed by atoms with Crippen molar-refractivity contribution in [3.8, 4) is 0 Å². The molecule has 0 aromatic heterocycles. The molecule has 1 N–H and O–H groups in total. The zero-order chi connectivity index (χ0) is 9.36. The van der Waals surface area contributed by atoms with Gasteiger partial charge in [0, 0.05) is 6.54 Å². The number of hydrogen-bond donors (Lipinski definition) is 1. The monoisotopic (exact) mass is 181 g/mol. The van der Waals surface area contributed by atoms with Crippen molar-refractivity contribution in [2.24, 2.45) is 5.92 Å². The van der Waals surface area contributed by atoms with Gasteiger partial charge in [0.05, 0.1) is 0 Å². The first kappa shape index (κ1) is 10.8. The Labute approximate surface area is 82.6 Å². The van der Waals surface area contributed by atoms with Crippen LogP contribution in [0.15, 0.2) is 12.2 Å². The topological polar surface area (TPSA) is 12.0 Å². The van der Waals surface area contributed by atoms with Gasteiger partial charge in [-0.2, -0.15) is 0 Å². The highest BCUT2D eigenvalue weighted by Crippen LogP contribution is 2.24. The van der Waals surface area contributed by atoms with Gasteiger partial charge in [0.15, 0.2) is 0 Å². The van der Waals surface area contributed by atoms with Gasteiger partial charge in [-0.1, -0.05) is 38.3 Å². The summed E-state index contributed by atoms with van der Waals surface area (Å²) in [6.45, 7) is 4.41. The van der Waals surface area contributed by atoms with Crippen molar-refractivity contribution in [1.29, 1.82) is 0 Å². The molecule has 1 aliphatic rings. The van der Waals surface area contributed by atoms with Crippen LogP contribution in [0.3, 0.4) is 0 Å². The lowest BCUT2D eigenvalue weighted by atomic mass is 9.89. The van der Waals surface area contributed by atoms with Crippen molar-refractivity contribution in [2.45, 2.75) is 45.4 Å². The number of nitrogens with one attached hydrogen (secondary N) is 1. The molecule has 0 aromatic carbocycles. The average Bonchev–Trinajstić information content (AvgIpc) is 2.19. The summed E-state index contributed by atoms with van der Waals surface area (Å²) in [6.07, 6.45) is 13.1. The lowest BCUT2D eigenvalue weighted by Gasteiger charge is -2.17. The van der Waals surface area contributed by atoms with Crippen molar-refractivity contribution in [3.63, 3.8) is 0 Å². The minimum Gasteiger partial charge on any atom is -0.313 e. The summed E-state index contributed by atoms with van der Waals surface area (Å²) in [5.74, 6) is 0.886. The highest BCUT2D eigenvalue weighted by Gasteiger charge is 2.08. The van der Waals surface area contributed by atoms with E-state index in [2.05, 4.69) is 24.4 Å². The van der Waals surface area contributed by atoms with Crippen molar-refractivity contribution >= 4 is 0 Å². The molecule has 0 unspecified atom stereocenters. The number of allylic oxidation sites excluding steroid dienone is 1. The van der Waals surface area contributed by atoms with E-state index in [1.807, 2.05) is 0 Å². The Bertz CT molecular complexity index is 134. The van der Waals surface area contributed by atoms with Crippen molar-refractivity contribution < 1.29 is 0 Å². The van der Waals surface area contributed by atoms with Crippen molar-refractivity contribution in [1.82, 2.24) is 5.32 Å². The van der Waals surface area contributed by atoms with Gasteiger partial charge in [-0.3, -0.25) is 0 Å². The quantitative estimate of drug-likeness (QED) is 0.507. The van der Waals surface area contributed by atoms with Crippen molar-refractivity contribution in [3.05, 3.63) is 12.2 Å². The molecule has 0 amide bonds. The van der Waals surface area contributed by atoms with Gasteiger partial charge < -0.3 is 5.32 Å². The van der Waals surface area contributed by atoms with Gasteiger partial charge in [0.25, 0.3) is 0 Å². The molecule has 1 aliphatic carbocycles. The van der Waals surface area contributed by atoms with E-state index in [0.29, 0.717) is 0 Å². The summed E-state index contributed by atoms with van der Waals surface area (Å²) in [4.78, 5) is 0. The van der Waals surface area contributed by atoms with E-state index in [4.69, 9.17) is 0 Å². The molecule has 1 heteroatoms. The third-order valence-electron chi connectivity index (χ3n) is 2.75. The molecule has 1 nitrogen and oxygen atoms in total. The number of rotatable bonds is 5. The zero-order valence-corrected chi connectivity index (χ0v) is 8.89. The molecule has 0 spiro atoms. The van der Waals surface area contributed by atoms with Crippen LogP contribution in [-0.4, -0.2) is 13.1 Å². The second kappa shape index (κ2) is 7.14. The summed E-state index contributed by atoms with van der Waals surface area (Å²) in [6, 6.07) is 0. The fourth-order valence-corrected chi connectivity index (χ4v) is 1.95. The van der Waals surface area contributed by atoms with Crippen LogP contribution in [-0.2, 0) is 0 Å². The van der Waals surface area contributed by atoms with Gasteiger partial charge in [-0.05, 0) is 31.7 Å². The lowest BCUT2D eigenvalue weighted by Crippen LogP contribution is -2.14. The Morgan fingerprint density at radius 3 is 2.69 bits per heavy atom. The molecule has 0 atom stereocenters. The van der Waals surface area contributed by atoms with Crippen LogP contribution in [0.2, 0.25) is 0 Å². The summed E-state index contributed by atoms with van der Waals surface area (Å²) >= 11 is 0. The smallest absolute Gasteiger partial charge is 0.0134 e. The summed E-state index contributed by atoms with van der Waals surface area (Å²) < 4.78 is 0. The molecule has 1 saturated carbocycles. The first-order valence-electron chi connectivity index (χ1n) is 5.81. The van der Waals surface area contributed by atoms with Gasteiger partial charge >= 0.3 is 0 Å². The van der Waals surface area contributed by atoms with E-state index in [1.54, 1.807) is 0 Å². The maximum Gasteiger partial charge on any atom is 0.0134 e. The SMILES string of the molecule is CCCNCC=CC1CCCCC1. The molecular weight excluding hydrogens is 158 g/mol. The Kier molecular flexibility index (Phi) is 5.92. The average molecular weight is 181 g/mol. The summed E-state index contributed by atoms with van der Waals surface area (Å²) in [5.41, 5.74) is 0. The maximum absolute atomic E-state index is 3.39. The van der Waals surface area contributed by atoms with Crippen molar-refractivity contribution in [2.75, 3.05) is 13.1 Å². The minimum absolute atomic E-state index is 0.886. The molecule has 1 fully saturated rings. The van der Waals surface area contributed by atoms with Crippen LogP contribution in [0.4, 0.5) is 0 Å². The van der Waals surface area contributed by atoms with Crippen LogP contribution >= 0.6 is 0 Å². The van der Waals surface area contributed by atoms with E-state index >= 15 is 0 Å². The third-order valence-corrected chi connectivity index (χ3v) is 2.75. The van der Waals surface area contributed by atoms with Crippen LogP contribution in [0.1, 0.15) is 45.4 Å². The van der Waals surface area contributed by atoms with Gasteiger partial charge in [0.1, 0.15) is 0 Å². The zero-order valence-electron chi connectivity index (χ0n) is 8.89. The molecular formula is C12H23N. The van der Waals surface area contributed by atoms with Gasteiger partial charge in [-0.25, -0.2) is 0 Å². The largest absolute Gasteiger partial charge is 0.313 e. The molecule has 0 heterocycles. The third kappa shape index (κ3) is 5.09. The van der Waals surface area contributed by atoms with E-state index in [1.165, 1.54) is 38.5 Å². The molecule has 76 valence electrons. The molecule has 13 heavy (non-hydrogen) atoms. The van der Waals surface area contributed by atoms with Crippen LogP contribution in [0.5, 0.6) is 0 Å². The molecule has 0 radical (unpaired) electrons. The minimum atomic E-state index is 0.886. The predicted octanol–water partition coefficient (Wildman–Crippen LogP) is 3.12. The summed E-state index contributed by atoms with van der Waals surface area (Å²) in [7, 11) is 0. The fourth-order valence-electron chi connectivity index (χ4n) is 1.95. The van der Waals surface area contributed by atoms with Crippen LogP contribution < -0.4 is 5.32 Å². The predicted molar refractivity (Wildman–Crippen MR) is 58.9 cm³/mol. The highest BCUT2D eigenvalue weighted by atomic mass is 14.8. The Balaban J connectivity index is 2.01. The normalized spacial score (nSPS) is 19.8. The van der Waals surface area contributed by atoms with E-state index < -0.39 is 0 Å². The van der Waals surface area contributed by atoms with Gasteiger partial charge in [-0.15, -0.1) is 0 Å². The maximum atomic E-state index is 3.39. The molecule has 0 saturated heterocycles. The fraction of sp³-hybridized carbons (Fsp3) is 0.833. The second-order valence-electron chi connectivity index (χ2n) is 4.03. The Morgan fingerprint density at radius 2 is 2.00 bits per heavy atom. The summed E-state index contributed by atoms with van der Waals surface area (Å²) in [5, 5.41) is 3.39. The Morgan fingerprint density at radius 1 is 1.23 bits per heavy atom. The van der Waals surface area contributed by atoms with Crippen LogP contribution in [0.25, 0.3) is 0 Å². The molecule has 0 bridgehead atoms. The standard InChI is InChI=1S/C12H23N/c1-2-10-13-11-6-9-12-7-4-3-5-8-12/h6,9,12-13H,2-5,7-8,10-11H2,1H3. The number of hydrogen-bond acceptors (Lipinski definition) is 1. The first-order chi connectivity index (χ1) is 6.43. The van der Waals surface area contributed by atoms with Gasteiger partial charge in [0.2, 0.25) is 0 Å². The molecule has 0 aliphatic heterocycles. The first-order valence-corrected chi connectivity index (χ1v) is 5.81. The van der Waals surface area contributed by atoms with E-state index in [0.717, 1.165) is 19.0 Å². The molecule has 1 rings (SSSR count). The lowest BCUT2D eigenvalue weighted by molar-refractivity contribution is 0.419. The van der Waals surface area contributed by atoms with E-state index in [-0.39, 0.29) is 0 Å². The highest BCUT2D eigenvalue weighted by molar-refractivity contribution is 4.91. The van der Waals surface area contributed by atoms with Crippen LogP contribution in [0, 0.1) is 5.92 Å². The van der Waals surface area contributed by atoms with E-state index in [9.17, 15) is 0 Å². The molecule has 0 aromatic rings. The Hall–Kier alpha value is -0.300. The second-order valence-corrected chi connectivity index (χ2v) is 4.03.